The van der Waals surface area contributed by atoms with E-state index in [1.807, 2.05) is 6.92 Å². The fourth-order valence-corrected chi connectivity index (χ4v) is 2.43. The largest absolute Gasteiger partial charge is 0.384 e. The number of hydrogen-bond donors (Lipinski definition) is 2. The highest BCUT2D eigenvalue weighted by Crippen LogP contribution is 2.33. The molecule has 0 aliphatic carbocycles. The minimum Gasteiger partial charge on any atom is -0.384 e. The lowest BCUT2D eigenvalue weighted by Crippen LogP contribution is -2.03. The molecule has 0 unspecified atom stereocenters. The maximum Gasteiger partial charge on any atom is 0.136 e. The average Bonchev–Trinajstić information content (AvgIpc) is 2.33. The van der Waals surface area contributed by atoms with Crippen LogP contribution >= 0.6 is 27.5 Å². The van der Waals surface area contributed by atoms with Crippen molar-refractivity contribution in [2.24, 2.45) is 0 Å². The second-order valence-electron chi connectivity index (χ2n) is 3.82. The first-order valence-corrected chi connectivity index (χ1v) is 6.71. The van der Waals surface area contributed by atoms with Crippen molar-refractivity contribution >= 4 is 44.9 Å². The van der Waals surface area contributed by atoms with Gasteiger partial charge >= 0.3 is 0 Å². The highest BCUT2D eigenvalue weighted by atomic mass is 79.9. The Bertz CT molecular complexity index is 598. The Morgan fingerprint density at radius 1 is 1.37 bits per heavy atom. The number of nitrogens with two attached hydrogens (primary N) is 1. The topological polar surface area (TPSA) is 63.8 Å². The average molecular weight is 346 g/mol. The molecule has 0 amide bonds. The third-order valence-corrected chi connectivity index (χ3v) is 3.29. The number of anilines is 3. The second-order valence-corrected chi connectivity index (χ2v) is 5.08. The number of nitrogen functional groups attached to an aromatic ring is 1. The van der Waals surface area contributed by atoms with E-state index in [0.717, 1.165) is 0 Å². The second kappa shape index (κ2) is 5.71. The fourth-order valence-electron chi connectivity index (χ4n) is 1.53. The molecule has 1 aromatic carbocycles. The fraction of sp³-hybridized carbons (Fsp3) is 0.167. The van der Waals surface area contributed by atoms with Crippen LogP contribution in [0, 0.1) is 5.82 Å². The Morgan fingerprint density at radius 3 is 2.74 bits per heavy atom. The van der Waals surface area contributed by atoms with Gasteiger partial charge in [0, 0.05) is 17.0 Å². The summed E-state index contributed by atoms with van der Waals surface area (Å²) in [4.78, 5) is 8.35. The maximum atomic E-state index is 13.1. The molecule has 0 spiro atoms. The van der Waals surface area contributed by atoms with Gasteiger partial charge in [0.15, 0.2) is 0 Å². The molecule has 1 aromatic heterocycles. The molecule has 0 saturated heterocycles. The highest BCUT2D eigenvalue weighted by molar-refractivity contribution is 9.10. The van der Waals surface area contributed by atoms with Crippen LogP contribution in [0.15, 0.2) is 22.7 Å². The van der Waals surface area contributed by atoms with Crippen LogP contribution in [0.3, 0.4) is 0 Å². The lowest BCUT2D eigenvalue weighted by Gasteiger charge is -2.11. The van der Waals surface area contributed by atoms with Gasteiger partial charge in [0.05, 0.1) is 10.7 Å². The monoisotopic (exact) mass is 344 g/mol. The van der Waals surface area contributed by atoms with Gasteiger partial charge in [-0.1, -0.05) is 18.5 Å². The molecule has 0 atom stereocenters. The summed E-state index contributed by atoms with van der Waals surface area (Å²) in [6.07, 6.45) is 0.665. The minimum atomic E-state index is -0.418. The van der Waals surface area contributed by atoms with E-state index in [1.165, 1.54) is 12.1 Å². The van der Waals surface area contributed by atoms with Crippen molar-refractivity contribution in [2.45, 2.75) is 13.3 Å². The summed E-state index contributed by atoms with van der Waals surface area (Å²) >= 11 is 9.24. The minimum absolute atomic E-state index is 0.252. The molecular weight excluding hydrogens is 335 g/mol. The number of nitrogens with one attached hydrogen (secondary N) is 1. The van der Waals surface area contributed by atoms with Crippen LogP contribution in [0.1, 0.15) is 12.7 Å². The highest BCUT2D eigenvalue weighted by Gasteiger charge is 2.10. The van der Waals surface area contributed by atoms with E-state index in [1.54, 1.807) is 6.07 Å². The predicted molar refractivity (Wildman–Crippen MR) is 78.2 cm³/mol. The summed E-state index contributed by atoms with van der Waals surface area (Å²) < 4.78 is 13.6. The van der Waals surface area contributed by atoms with Crippen molar-refractivity contribution in [1.82, 2.24) is 9.97 Å². The molecule has 0 fully saturated rings. The zero-order valence-electron chi connectivity index (χ0n) is 10.0. The van der Waals surface area contributed by atoms with Gasteiger partial charge in [-0.15, -0.1) is 0 Å². The Morgan fingerprint density at radius 2 is 2.11 bits per heavy atom. The van der Waals surface area contributed by atoms with Crippen LogP contribution in [0.4, 0.5) is 21.7 Å². The summed E-state index contributed by atoms with van der Waals surface area (Å²) in [5.41, 5.74) is 6.22. The van der Waals surface area contributed by atoms with E-state index in [4.69, 9.17) is 17.3 Å². The number of rotatable bonds is 3. The van der Waals surface area contributed by atoms with Crippen molar-refractivity contribution < 1.29 is 4.39 Å². The molecule has 0 saturated carbocycles. The molecule has 2 rings (SSSR count). The van der Waals surface area contributed by atoms with E-state index in [2.05, 4.69) is 31.2 Å². The first-order chi connectivity index (χ1) is 8.99. The van der Waals surface area contributed by atoms with Crippen LogP contribution in [0.25, 0.3) is 0 Å². The van der Waals surface area contributed by atoms with Gasteiger partial charge in [-0.2, -0.15) is 0 Å². The van der Waals surface area contributed by atoms with Crippen molar-refractivity contribution in [3.8, 4) is 0 Å². The molecule has 3 N–H and O–H groups in total. The van der Waals surface area contributed by atoms with Crippen LogP contribution in [0.5, 0.6) is 0 Å². The normalized spacial score (nSPS) is 10.5. The van der Waals surface area contributed by atoms with Crippen molar-refractivity contribution in [3.63, 3.8) is 0 Å². The molecule has 1 heterocycles. The number of benzene rings is 1. The van der Waals surface area contributed by atoms with Gasteiger partial charge in [-0.05, 0) is 28.1 Å². The van der Waals surface area contributed by atoms with Crippen molar-refractivity contribution in [2.75, 3.05) is 11.1 Å². The molecule has 2 aromatic rings. The van der Waals surface area contributed by atoms with Gasteiger partial charge in [0.2, 0.25) is 0 Å². The third-order valence-electron chi connectivity index (χ3n) is 2.37. The quantitative estimate of drug-likeness (QED) is 0.885. The van der Waals surface area contributed by atoms with E-state index in [9.17, 15) is 4.39 Å². The van der Waals surface area contributed by atoms with E-state index in [-0.39, 0.29) is 5.02 Å². The number of aryl methyl sites for hydroxylation is 1. The molecule has 4 nitrogen and oxygen atoms in total. The number of halogens is 3. The lowest BCUT2D eigenvalue weighted by atomic mass is 10.3. The Labute approximate surface area is 123 Å². The summed E-state index contributed by atoms with van der Waals surface area (Å²) in [6, 6.07) is 4.13. The summed E-state index contributed by atoms with van der Waals surface area (Å²) in [5, 5.41) is 3.26. The molecule has 0 aliphatic heterocycles. The SMILES string of the molecule is CCc1nc(N)cc(Nc2c(Cl)cc(F)cc2Br)n1. The number of nitrogens with zero attached hydrogens (tertiary/aromatic N) is 2. The molecule has 0 radical (unpaired) electrons. The van der Waals surface area contributed by atoms with E-state index >= 15 is 0 Å². The smallest absolute Gasteiger partial charge is 0.136 e. The molecule has 100 valence electrons. The van der Waals surface area contributed by atoms with Gasteiger partial charge in [0.1, 0.15) is 23.3 Å². The van der Waals surface area contributed by atoms with Crippen LogP contribution in [-0.2, 0) is 6.42 Å². The van der Waals surface area contributed by atoms with Crippen LogP contribution in [0.2, 0.25) is 5.02 Å². The van der Waals surface area contributed by atoms with Crippen molar-refractivity contribution in [1.29, 1.82) is 0 Å². The Balaban J connectivity index is 2.39. The maximum absolute atomic E-state index is 13.1. The van der Waals surface area contributed by atoms with Crippen LogP contribution < -0.4 is 11.1 Å². The molecular formula is C12H11BrClFN4. The zero-order chi connectivity index (χ0) is 14.0. The Hall–Kier alpha value is -1.40. The summed E-state index contributed by atoms with van der Waals surface area (Å²) in [5.74, 6) is 1.08. The molecule has 7 heteroatoms. The molecule has 0 bridgehead atoms. The predicted octanol–water partition coefficient (Wildman–Crippen LogP) is 3.92. The third kappa shape index (κ3) is 3.33. The first kappa shape index (κ1) is 14.0. The van der Waals surface area contributed by atoms with E-state index in [0.29, 0.717) is 34.0 Å². The summed E-state index contributed by atoms with van der Waals surface area (Å²) in [7, 11) is 0. The molecule has 0 aliphatic rings. The molecule has 19 heavy (non-hydrogen) atoms. The van der Waals surface area contributed by atoms with E-state index < -0.39 is 5.82 Å². The van der Waals surface area contributed by atoms with Crippen LogP contribution in [-0.4, -0.2) is 9.97 Å². The standard InChI is InChI=1S/C12H11BrClFN4/c1-2-10-17-9(16)5-11(18-10)19-12-7(13)3-6(15)4-8(12)14/h3-5H,2H2,1H3,(H3,16,17,18,19). The van der Waals surface area contributed by atoms with Gasteiger partial charge in [-0.25, -0.2) is 14.4 Å². The zero-order valence-corrected chi connectivity index (χ0v) is 12.4. The number of hydrogen-bond acceptors (Lipinski definition) is 4. The lowest BCUT2D eigenvalue weighted by molar-refractivity contribution is 0.627. The Kier molecular flexibility index (Phi) is 4.21. The van der Waals surface area contributed by atoms with Crippen molar-refractivity contribution in [3.05, 3.63) is 39.3 Å². The van der Waals surface area contributed by atoms with Gasteiger partial charge in [0.25, 0.3) is 0 Å². The first-order valence-electron chi connectivity index (χ1n) is 5.54. The summed E-state index contributed by atoms with van der Waals surface area (Å²) in [6.45, 7) is 1.93. The van der Waals surface area contributed by atoms with Gasteiger partial charge < -0.3 is 11.1 Å². The number of aromatic nitrogens is 2. The van der Waals surface area contributed by atoms with Gasteiger partial charge in [-0.3, -0.25) is 0 Å².